The minimum Gasteiger partial charge on any atom is -0.493 e. The van der Waals surface area contributed by atoms with Gasteiger partial charge in [-0.2, -0.15) is 5.10 Å². The van der Waals surface area contributed by atoms with Crippen LogP contribution in [0.25, 0.3) is 0 Å². The molecule has 1 unspecified atom stereocenters. The van der Waals surface area contributed by atoms with Crippen LogP contribution in [0.3, 0.4) is 0 Å². The molecule has 0 spiro atoms. The molecular weight excluding hydrogens is 299 g/mol. The maximum atomic E-state index is 10.6. The molecule has 2 rings (SSSR count). The van der Waals surface area contributed by atoms with Crippen LogP contribution in [-0.2, 0) is 6.54 Å². The molecule has 1 heterocycles. The number of aromatic nitrogens is 2. The summed E-state index contributed by atoms with van der Waals surface area (Å²) in [5.74, 6) is 0.539. The van der Waals surface area contributed by atoms with Gasteiger partial charge in [0, 0.05) is 22.2 Å². The molecule has 2 aromatic rings. The molecule has 0 aliphatic rings. The molecule has 0 aliphatic carbocycles. The van der Waals surface area contributed by atoms with Crippen molar-refractivity contribution in [3.05, 3.63) is 45.7 Å². The van der Waals surface area contributed by atoms with Crippen molar-refractivity contribution >= 4 is 23.2 Å². The number of ether oxygens (including phenoxy) is 1. The summed E-state index contributed by atoms with van der Waals surface area (Å²) < 4.78 is 7.00. The first-order valence-corrected chi connectivity index (χ1v) is 7.06. The lowest BCUT2D eigenvalue weighted by Gasteiger charge is -2.16. The fourth-order valence-corrected chi connectivity index (χ4v) is 2.58. The van der Waals surface area contributed by atoms with E-state index in [2.05, 4.69) is 5.10 Å². The van der Waals surface area contributed by atoms with Gasteiger partial charge in [0.2, 0.25) is 0 Å². The van der Waals surface area contributed by atoms with Gasteiger partial charge in [-0.25, -0.2) is 0 Å². The Morgan fingerprint density at radius 1 is 1.40 bits per heavy atom. The number of benzene rings is 1. The van der Waals surface area contributed by atoms with Gasteiger partial charge in [-0.05, 0) is 18.6 Å². The maximum absolute atomic E-state index is 10.6. The topological polar surface area (TPSA) is 47.3 Å². The van der Waals surface area contributed by atoms with Crippen molar-refractivity contribution in [2.75, 3.05) is 7.11 Å². The molecule has 0 aliphatic heterocycles. The minimum atomic E-state index is -0.913. The molecule has 0 bridgehead atoms. The molecule has 1 aromatic carbocycles. The van der Waals surface area contributed by atoms with E-state index in [1.54, 1.807) is 36.2 Å². The van der Waals surface area contributed by atoms with Crippen molar-refractivity contribution in [2.45, 2.75) is 26.0 Å². The summed E-state index contributed by atoms with van der Waals surface area (Å²) in [5.41, 5.74) is 1.17. The van der Waals surface area contributed by atoms with E-state index in [-0.39, 0.29) is 0 Å². The highest BCUT2D eigenvalue weighted by Crippen LogP contribution is 2.34. The smallest absolute Gasteiger partial charge is 0.163 e. The summed E-state index contributed by atoms with van der Waals surface area (Å²) in [4.78, 5) is 0. The summed E-state index contributed by atoms with van der Waals surface area (Å²) in [6.07, 6.45) is 1.58. The van der Waals surface area contributed by atoms with Gasteiger partial charge in [0.05, 0.1) is 13.3 Å². The van der Waals surface area contributed by atoms with E-state index < -0.39 is 6.10 Å². The quantitative estimate of drug-likeness (QED) is 0.915. The number of hydrogen-bond acceptors (Lipinski definition) is 3. The van der Waals surface area contributed by atoms with Crippen LogP contribution in [0.4, 0.5) is 0 Å². The standard InChI is InChI=1S/C14H16Cl2N2O2/c1-3-6-18-13(12(20-2)8-17-18)14(19)10-5-4-9(15)7-11(10)16/h4-5,7-8,14,19H,3,6H2,1-2H3. The highest BCUT2D eigenvalue weighted by Gasteiger charge is 2.23. The summed E-state index contributed by atoms with van der Waals surface area (Å²) >= 11 is 12.0. The van der Waals surface area contributed by atoms with Gasteiger partial charge in [-0.3, -0.25) is 4.68 Å². The van der Waals surface area contributed by atoms with Gasteiger partial charge >= 0.3 is 0 Å². The van der Waals surface area contributed by atoms with Gasteiger partial charge in [0.15, 0.2) is 5.75 Å². The molecule has 4 nitrogen and oxygen atoms in total. The summed E-state index contributed by atoms with van der Waals surface area (Å²) in [6.45, 7) is 2.74. The van der Waals surface area contributed by atoms with E-state index in [9.17, 15) is 5.11 Å². The molecule has 1 atom stereocenters. The second kappa shape index (κ2) is 6.48. The third-order valence-electron chi connectivity index (χ3n) is 3.02. The lowest BCUT2D eigenvalue weighted by molar-refractivity contribution is 0.202. The van der Waals surface area contributed by atoms with Crippen molar-refractivity contribution in [1.29, 1.82) is 0 Å². The number of aliphatic hydroxyl groups is 1. The summed E-state index contributed by atoms with van der Waals surface area (Å²) in [5, 5.41) is 15.8. The number of aliphatic hydroxyl groups excluding tert-OH is 1. The van der Waals surface area contributed by atoms with Crippen LogP contribution >= 0.6 is 23.2 Å². The van der Waals surface area contributed by atoms with Crippen LogP contribution in [0.5, 0.6) is 5.75 Å². The number of hydrogen-bond donors (Lipinski definition) is 1. The first kappa shape index (κ1) is 15.2. The van der Waals surface area contributed by atoms with Gasteiger partial charge < -0.3 is 9.84 Å². The average Bonchev–Trinajstić information content (AvgIpc) is 2.81. The lowest BCUT2D eigenvalue weighted by atomic mass is 10.1. The molecule has 20 heavy (non-hydrogen) atoms. The predicted molar refractivity (Wildman–Crippen MR) is 79.6 cm³/mol. The molecule has 0 fully saturated rings. The Morgan fingerprint density at radius 3 is 2.75 bits per heavy atom. The zero-order chi connectivity index (χ0) is 14.7. The van der Waals surface area contributed by atoms with Crippen molar-refractivity contribution in [1.82, 2.24) is 9.78 Å². The van der Waals surface area contributed by atoms with Crippen LogP contribution in [0, 0.1) is 0 Å². The molecular formula is C14H16Cl2N2O2. The average molecular weight is 315 g/mol. The molecule has 0 amide bonds. The van der Waals surface area contributed by atoms with E-state index in [1.807, 2.05) is 6.92 Å². The molecule has 108 valence electrons. The number of halogens is 2. The molecule has 0 saturated carbocycles. The Balaban J connectivity index is 2.46. The first-order valence-electron chi connectivity index (χ1n) is 6.31. The Labute approximate surface area is 127 Å². The van der Waals surface area contributed by atoms with E-state index >= 15 is 0 Å². The molecule has 1 aromatic heterocycles. The highest BCUT2D eigenvalue weighted by molar-refractivity contribution is 6.35. The normalized spacial score (nSPS) is 12.4. The Kier molecular flexibility index (Phi) is 4.91. The highest BCUT2D eigenvalue weighted by atomic mass is 35.5. The molecule has 0 radical (unpaired) electrons. The van der Waals surface area contributed by atoms with Crippen molar-refractivity contribution < 1.29 is 9.84 Å². The fourth-order valence-electron chi connectivity index (χ4n) is 2.07. The molecule has 1 N–H and O–H groups in total. The number of nitrogens with zero attached hydrogens (tertiary/aromatic N) is 2. The Bertz CT molecular complexity index is 599. The van der Waals surface area contributed by atoms with Crippen LogP contribution in [0.1, 0.15) is 30.7 Å². The monoisotopic (exact) mass is 314 g/mol. The summed E-state index contributed by atoms with van der Waals surface area (Å²) in [7, 11) is 1.55. The fraction of sp³-hybridized carbons (Fsp3) is 0.357. The van der Waals surface area contributed by atoms with Gasteiger partial charge in [-0.15, -0.1) is 0 Å². The third kappa shape index (κ3) is 2.92. The largest absolute Gasteiger partial charge is 0.493 e. The third-order valence-corrected chi connectivity index (χ3v) is 3.58. The van der Waals surface area contributed by atoms with Crippen molar-refractivity contribution in [3.63, 3.8) is 0 Å². The predicted octanol–water partition coefficient (Wildman–Crippen LogP) is 3.69. The maximum Gasteiger partial charge on any atom is 0.163 e. The number of aryl methyl sites for hydroxylation is 1. The second-order valence-electron chi connectivity index (χ2n) is 4.39. The van der Waals surface area contributed by atoms with E-state index in [0.717, 1.165) is 6.42 Å². The van der Waals surface area contributed by atoms with Crippen molar-refractivity contribution in [3.8, 4) is 5.75 Å². The SMILES string of the molecule is CCCn1ncc(OC)c1C(O)c1ccc(Cl)cc1Cl. The second-order valence-corrected chi connectivity index (χ2v) is 5.23. The van der Waals surface area contributed by atoms with Crippen LogP contribution in [0.15, 0.2) is 24.4 Å². The van der Waals surface area contributed by atoms with Crippen LogP contribution < -0.4 is 4.74 Å². The van der Waals surface area contributed by atoms with Gasteiger partial charge in [0.1, 0.15) is 11.8 Å². The zero-order valence-electron chi connectivity index (χ0n) is 11.3. The van der Waals surface area contributed by atoms with Crippen LogP contribution in [-0.4, -0.2) is 22.0 Å². The van der Waals surface area contributed by atoms with Gasteiger partial charge in [0.25, 0.3) is 0 Å². The van der Waals surface area contributed by atoms with E-state index in [4.69, 9.17) is 27.9 Å². The summed E-state index contributed by atoms with van der Waals surface area (Å²) in [6, 6.07) is 5.01. The lowest BCUT2D eigenvalue weighted by Crippen LogP contribution is -2.11. The molecule has 6 heteroatoms. The number of methoxy groups -OCH3 is 1. The number of rotatable bonds is 5. The Morgan fingerprint density at radius 2 is 2.15 bits per heavy atom. The molecule has 0 saturated heterocycles. The zero-order valence-corrected chi connectivity index (χ0v) is 12.8. The van der Waals surface area contributed by atoms with E-state index in [1.165, 1.54) is 0 Å². The van der Waals surface area contributed by atoms with Crippen LogP contribution in [0.2, 0.25) is 10.0 Å². The first-order chi connectivity index (χ1) is 9.58. The van der Waals surface area contributed by atoms with E-state index in [0.29, 0.717) is 33.6 Å². The van der Waals surface area contributed by atoms with Crippen molar-refractivity contribution in [2.24, 2.45) is 0 Å². The Hall–Kier alpha value is -1.23. The van der Waals surface area contributed by atoms with Gasteiger partial charge in [-0.1, -0.05) is 36.2 Å². The minimum absolute atomic E-state index is 0.413.